The fraction of sp³-hybridized carbons (Fsp3) is 0.364. The molecule has 2 aromatic carbocycles. The molecule has 0 aliphatic carbocycles. The minimum atomic E-state index is -1.22. The van der Waals surface area contributed by atoms with E-state index in [1.807, 2.05) is 58.3 Å². The minimum Gasteiger partial charge on any atom is -0.496 e. The Labute approximate surface area is 155 Å². The lowest BCUT2D eigenvalue weighted by Gasteiger charge is -2.38. The van der Waals surface area contributed by atoms with Crippen LogP contribution >= 0.6 is 0 Å². The van der Waals surface area contributed by atoms with Gasteiger partial charge in [-0.3, -0.25) is 0 Å². The lowest BCUT2D eigenvalue weighted by Crippen LogP contribution is -2.40. The summed E-state index contributed by atoms with van der Waals surface area (Å²) in [6, 6.07) is 13.8. The van der Waals surface area contributed by atoms with Gasteiger partial charge in [0.2, 0.25) is 0 Å². The second-order valence-electron chi connectivity index (χ2n) is 7.01. The van der Waals surface area contributed by atoms with E-state index in [-0.39, 0.29) is 11.7 Å². The molecule has 2 rings (SSSR count). The van der Waals surface area contributed by atoms with Crippen LogP contribution in [0.25, 0.3) is 6.08 Å². The molecule has 0 saturated carbocycles. The maximum Gasteiger partial charge on any atom is 0.125 e. The number of benzene rings is 2. The summed E-state index contributed by atoms with van der Waals surface area (Å²) in [5.74, 6) is 0.277. The van der Waals surface area contributed by atoms with Crippen LogP contribution in [0.2, 0.25) is 0 Å². The summed E-state index contributed by atoms with van der Waals surface area (Å²) < 4.78 is 18.7. The van der Waals surface area contributed by atoms with Crippen molar-refractivity contribution in [2.24, 2.45) is 5.92 Å². The van der Waals surface area contributed by atoms with Gasteiger partial charge in [0.25, 0.3) is 0 Å². The number of hydrogen-bond acceptors (Lipinski definition) is 3. The highest BCUT2D eigenvalue weighted by atomic mass is 19.1. The minimum absolute atomic E-state index is 0.0921. The van der Waals surface area contributed by atoms with Gasteiger partial charge >= 0.3 is 0 Å². The molecule has 0 aromatic heterocycles. The summed E-state index contributed by atoms with van der Waals surface area (Å²) in [6.07, 6.45) is 1.90. The monoisotopic (exact) mass is 357 g/mol. The number of para-hydroxylation sites is 1. The fourth-order valence-electron chi connectivity index (χ4n) is 3.42. The van der Waals surface area contributed by atoms with Crippen molar-refractivity contribution in [2.75, 3.05) is 27.7 Å². The third kappa shape index (κ3) is 4.32. The van der Waals surface area contributed by atoms with Crippen molar-refractivity contribution in [1.82, 2.24) is 4.90 Å². The van der Waals surface area contributed by atoms with Gasteiger partial charge in [-0.15, -0.1) is 0 Å². The fourth-order valence-corrected chi connectivity index (χ4v) is 3.42. The largest absolute Gasteiger partial charge is 0.496 e. The SMILES string of the molecule is COc1ccccc1C(O)(/C(C)=C/c1ccc(F)cc1)C(C)CN(C)C. The molecule has 0 bridgehead atoms. The molecule has 0 saturated heterocycles. The van der Waals surface area contributed by atoms with Crippen molar-refractivity contribution in [1.29, 1.82) is 0 Å². The Morgan fingerprint density at radius 1 is 1.19 bits per heavy atom. The smallest absolute Gasteiger partial charge is 0.125 e. The third-order valence-corrected chi connectivity index (χ3v) is 4.72. The molecule has 0 aliphatic rings. The van der Waals surface area contributed by atoms with Crippen molar-refractivity contribution in [3.05, 3.63) is 71.0 Å². The summed E-state index contributed by atoms with van der Waals surface area (Å²) in [4.78, 5) is 2.05. The van der Waals surface area contributed by atoms with Crippen LogP contribution in [0.3, 0.4) is 0 Å². The standard InChI is InChI=1S/C22H28FNO2/c1-16(14-18-10-12-19(23)13-11-18)22(25,17(2)15-24(3)4)20-8-6-7-9-21(20)26-5/h6-14,17,25H,15H2,1-5H3/b16-14+. The maximum atomic E-state index is 13.2. The predicted octanol–water partition coefficient (Wildman–Crippen LogP) is 4.32. The molecule has 0 spiro atoms. The van der Waals surface area contributed by atoms with Gasteiger partial charge in [-0.05, 0) is 50.4 Å². The van der Waals surface area contributed by atoms with Crippen LogP contribution in [0, 0.1) is 11.7 Å². The van der Waals surface area contributed by atoms with Crippen LogP contribution in [0.4, 0.5) is 4.39 Å². The average molecular weight is 357 g/mol. The summed E-state index contributed by atoms with van der Waals surface area (Å²) in [7, 11) is 5.57. The van der Waals surface area contributed by atoms with Gasteiger partial charge in [0.05, 0.1) is 7.11 Å². The summed E-state index contributed by atoms with van der Waals surface area (Å²) in [5, 5.41) is 11.8. The number of rotatable bonds is 7. The van der Waals surface area contributed by atoms with E-state index in [0.29, 0.717) is 12.3 Å². The molecule has 0 aliphatic heterocycles. The molecule has 26 heavy (non-hydrogen) atoms. The van der Waals surface area contributed by atoms with E-state index in [1.165, 1.54) is 12.1 Å². The average Bonchev–Trinajstić information content (AvgIpc) is 2.62. The van der Waals surface area contributed by atoms with Gasteiger partial charge in [-0.1, -0.05) is 43.3 Å². The molecule has 140 valence electrons. The van der Waals surface area contributed by atoms with Gasteiger partial charge in [0.1, 0.15) is 17.2 Å². The summed E-state index contributed by atoms with van der Waals surface area (Å²) >= 11 is 0. The number of ether oxygens (including phenoxy) is 1. The highest BCUT2D eigenvalue weighted by Gasteiger charge is 2.39. The van der Waals surface area contributed by atoms with Crippen LogP contribution < -0.4 is 4.74 Å². The predicted molar refractivity (Wildman–Crippen MR) is 105 cm³/mol. The number of nitrogens with zero attached hydrogens (tertiary/aromatic N) is 1. The molecular weight excluding hydrogens is 329 g/mol. The molecule has 2 atom stereocenters. The molecular formula is C22H28FNO2. The van der Waals surface area contributed by atoms with Crippen LogP contribution in [0.15, 0.2) is 54.1 Å². The zero-order valence-electron chi connectivity index (χ0n) is 16.2. The normalized spacial score (nSPS) is 15.6. The highest BCUT2D eigenvalue weighted by Crippen LogP contribution is 2.42. The van der Waals surface area contributed by atoms with E-state index in [1.54, 1.807) is 19.2 Å². The van der Waals surface area contributed by atoms with E-state index in [0.717, 1.165) is 16.7 Å². The Hall–Kier alpha value is -2.17. The molecule has 2 unspecified atom stereocenters. The highest BCUT2D eigenvalue weighted by molar-refractivity contribution is 5.57. The Morgan fingerprint density at radius 3 is 2.38 bits per heavy atom. The first-order valence-corrected chi connectivity index (χ1v) is 8.74. The van der Waals surface area contributed by atoms with Gasteiger partial charge in [-0.25, -0.2) is 4.39 Å². The van der Waals surface area contributed by atoms with E-state index in [2.05, 4.69) is 4.90 Å². The number of aliphatic hydroxyl groups is 1. The summed E-state index contributed by atoms with van der Waals surface area (Å²) in [5.41, 5.74) is 1.13. The zero-order valence-corrected chi connectivity index (χ0v) is 16.2. The van der Waals surface area contributed by atoms with E-state index in [4.69, 9.17) is 4.74 Å². The molecule has 1 N–H and O–H groups in total. The van der Waals surface area contributed by atoms with Gasteiger partial charge in [0, 0.05) is 18.0 Å². The van der Waals surface area contributed by atoms with Crippen molar-refractivity contribution >= 4 is 6.08 Å². The molecule has 3 nitrogen and oxygen atoms in total. The van der Waals surface area contributed by atoms with E-state index < -0.39 is 5.60 Å². The van der Waals surface area contributed by atoms with Crippen molar-refractivity contribution in [3.63, 3.8) is 0 Å². The Kier molecular flexibility index (Phi) is 6.57. The van der Waals surface area contributed by atoms with Crippen molar-refractivity contribution in [3.8, 4) is 5.75 Å². The molecule has 0 radical (unpaired) electrons. The quantitative estimate of drug-likeness (QED) is 0.801. The topological polar surface area (TPSA) is 32.7 Å². The maximum absolute atomic E-state index is 13.2. The van der Waals surface area contributed by atoms with Crippen LogP contribution in [0.5, 0.6) is 5.75 Å². The Balaban J connectivity index is 2.57. The first-order valence-electron chi connectivity index (χ1n) is 8.74. The van der Waals surface area contributed by atoms with Crippen LogP contribution in [-0.4, -0.2) is 37.8 Å². The zero-order chi connectivity index (χ0) is 19.3. The lowest BCUT2D eigenvalue weighted by atomic mass is 9.76. The van der Waals surface area contributed by atoms with Crippen LogP contribution in [-0.2, 0) is 5.60 Å². The van der Waals surface area contributed by atoms with Gasteiger partial charge < -0.3 is 14.7 Å². The number of halogens is 1. The van der Waals surface area contributed by atoms with E-state index >= 15 is 0 Å². The lowest BCUT2D eigenvalue weighted by molar-refractivity contribution is 0.00856. The number of methoxy groups -OCH3 is 1. The van der Waals surface area contributed by atoms with Crippen molar-refractivity contribution in [2.45, 2.75) is 19.4 Å². The first kappa shape index (κ1) is 20.1. The van der Waals surface area contributed by atoms with Crippen LogP contribution in [0.1, 0.15) is 25.0 Å². The molecule has 2 aromatic rings. The summed E-state index contributed by atoms with van der Waals surface area (Å²) in [6.45, 7) is 4.62. The Morgan fingerprint density at radius 2 is 1.81 bits per heavy atom. The third-order valence-electron chi connectivity index (χ3n) is 4.72. The Bertz CT molecular complexity index is 755. The molecule has 0 heterocycles. The molecule has 0 fully saturated rings. The van der Waals surface area contributed by atoms with E-state index in [9.17, 15) is 9.50 Å². The second kappa shape index (κ2) is 8.47. The van der Waals surface area contributed by atoms with Gasteiger partial charge in [0.15, 0.2) is 0 Å². The molecule has 0 amide bonds. The van der Waals surface area contributed by atoms with Crippen molar-refractivity contribution < 1.29 is 14.2 Å². The van der Waals surface area contributed by atoms with Gasteiger partial charge in [-0.2, -0.15) is 0 Å². The molecule has 4 heteroatoms. The number of hydrogen-bond donors (Lipinski definition) is 1. The second-order valence-corrected chi connectivity index (χ2v) is 7.01. The first-order chi connectivity index (χ1) is 12.3.